The van der Waals surface area contributed by atoms with Gasteiger partial charge in [0.1, 0.15) is 0 Å². The highest BCUT2D eigenvalue weighted by atomic mass is 35.5. The molecule has 0 atom stereocenters. The van der Waals surface area contributed by atoms with Gasteiger partial charge in [-0.3, -0.25) is 9.36 Å². The second kappa shape index (κ2) is 7.28. The number of benzene rings is 1. The molecule has 110 valence electrons. The van der Waals surface area contributed by atoms with Crippen molar-refractivity contribution in [3.63, 3.8) is 0 Å². The molecule has 0 fully saturated rings. The van der Waals surface area contributed by atoms with Crippen LogP contribution < -0.4 is 0 Å². The first-order valence-corrected chi connectivity index (χ1v) is 7.51. The van der Waals surface area contributed by atoms with E-state index in [9.17, 15) is 4.79 Å². The van der Waals surface area contributed by atoms with Crippen molar-refractivity contribution in [3.05, 3.63) is 41.9 Å². The van der Waals surface area contributed by atoms with Gasteiger partial charge in [0.2, 0.25) is 0 Å². The molecule has 1 aromatic carbocycles. The highest BCUT2D eigenvalue weighted by Gasteiger charge is 2.15. The predicted octanol–water partition coefficient (Wildman–Crippen LogP) is 3.05. The van der Waals surface area contributed by atoms with Gasteiger partial charge >= 0.3 is 5.97 Å². The molecule has 2 rings (SSSR count). The van der Waals surface area contributed by atoms with E-state index in [1.165, 1.54) is 18.9 Å². The van der Waals surface area contributed by atoms with Crippen LogP contribution in [0.1, 0.15) is 0 Å². The second-order valence-corrected chi connectivity index (χ2v) is 5.46. The molecule has 7 heteroatoms. The van der Waals surface area contributed by atoms with E-state index in [0.717, 1.165) is 5.56 Å². The zero-order valence-electron chi connectivity index (χ0n) is 11.5. The van der Waals surface area contributed by atoms with Crippen molar-refractivity contribution in [3.8, 4) is 11.4 Å². The van der Waals surface area contributed by atoms with E-state index in [2.05, 4.69) is 21.5 Å². The highest BCUT2D eigenvalue weighted by molar-refractivity contribution is 7.99. The van der Waals surface area contributed by atoms with Gasteiger partial charge in [0.15, 0.2) is 11.0 Å². The number of carbonyl (C=O) groups excluding carboxylic acids is 1. The zero-order chi connectivity index (χ0) is 15.2. The van der Waals surface area contributed by atoms with Crippen molar-refractivity contribution in [1.29, 1.82) is 0 Å². The third kappa shape index (κ3) is 3.86. The largest absolute Gasteiger partial charge is 0.468 e. The maximum absolute atomic E-state index is 11.2. The second-order valence-electron chi connectivity index (χ2n) is 4.08. The molecule has 0 aliphatic carbocycles. The van der Waals surface area contributed by atoms with Crippen LogP contribution in [0.3, 0.4) is 0 Å². The van der Waals surface area contributed by atoms with Crippen LogP contribution in [0.5, 0.6) is 0 Å². The third-order valence-electron chi connectivity index (χ3n) is 2.66. The minimum Gasteiger partial charge on any atom is -0.468 e. The molecule has 0 radical (unpaired) electrons. The molecule has 21 heavy (non-hydrogen) atoms. The average molecular weight is 324 g/mol. The number of aromatic nitrogens is 3. The van der Waals surface area contributed by atoms with Crippen molar-refractivity contribution in [2.45, 2.75) is 11.7 Å². The zero-order valence-corrected chi connectivity index (χ0v) is 13.0. The molecule has 0 N–H and O–H groups in total. The van der Waals surface area contributed by atoms with E-state index >= 15 is 0 Å². The van der Waals surface area contributed by atoms with Crippen molar-refractivity contribution in [2.75, 3.05) is 12.9 Å². The van der Waals surface area contributed by atoms with E-state index in [1.807, 2.05) is 22.8 Å². The summed E-state index contributed by atoms with van der Waals surface area (Å²) < 4.78 is 6.51. The summed E-state index contributed by atoms with van der Waals surface area (Å²) in [5, 5.41) is 9.57. The molecule has 0 bridgehead atoms. The fraction of sp³-hybridized carbons (Fsp3) is 0.214. The van der Waals surface area contributed by atoms with Crippen LogP contribution in [0.25, 0.3) is 11.4 Å². The summed E-state index contributed by atoms with van der Waals surface area (Å²) in [7, 11) is 1.36. The molecule has 0 spiro atoms. The van der Waals surface area contributed by atoms with Gasteiger partial charge in [-0.25, -0.2) is 0 Å². The van der Waals surface area contributed by atoms with E-state index in [1.54, 1.807) is 12.1 Å². The fourth-order valence-corrected chi connectivity index (χ4v) is 2.68. The van der Waals surface area contributed by atoms with Crippen LogP contribution in [-0.2, 0) is 16.1 Å². The Labute approximate surface area is 132 Å². The number of carbonyl (C=O) groups is 1. The van der Waals surface area contributed by atoms with Crippen molar-refractivity contribution >= 4 is 29.3 Å². The van der Waals surface area contributed by atoms with Gasteiger partial charge in [-0.2, -0.15) is 0 Å². The van der Waals surface area contributed by atoms with Gasteiger partial charge in [0.25, 0.3) is 0 Å². The number of hydrogen-bond donors (Lipinski definition) is 0. The summed E-state index contributed by atoms with van der Waals surface area (Å²) in [6.07, 6.45) is 1.75. The Hall–Kier alpha value is -1.79. The molecule has 0 unspecified atom stereocenters. The summed E-state index contributed by atoms with van der Waals surface area (Å²) in [5.41, 5.74) is 0.863. The fourth-order valence-electron chi connectivity index (χ4n) is 1.71. The molecular formula is C14H14ClN3O2S. The molecule has 0 saturated carbocycles. The van der Waals surface area contributed by atoms with Crippen LogP contribution >= 0.6 is 23.4 Å². The topological polar surface area (TPSA) is 57.0 Å². The number of nitrogens with zero attached hydrogens (tertiary/aromatic N) is 3. The first-order chi connectivity index (χ1) is 10.2. The molecule has 0 saturated heterocycles. The summed E-state index contributed by atoms with van der Waals surface area (Å²) in [5.74, 6) is 0.559. The lowest BCUT2D eigenvalue weighted by molar-refractivity contribution is -0.137. The van der Waals surface area contributed by atoms with E-state index in [-0.39, 0.29) is 11.7 Å². The van der Waals surface area contributed by atoms with Gasteiger partial charge < -0.3 is 4.74 Å². The van der Waals surface area contributed by atoms with Gasteiger partial charge in [-0.05, 0) is 12.1 Å². The Bertz CT molecular complexity index is 657. The Morgan fingerprint density at radius 1 is 1.52 bits per heavy atom. The van der Waals surface area contributed by atoms with Crippen LogP contribution in [0, 0.1) is 0 Å². The summed E-state index contributed by atoms with van der Waals surface area (Å²) >= 11 is 7.28. The minimum atomic E-state index is -0.308. The summed E-state index contributed by atoms with van der Waals surface area (Å²) in [6, 6.07) is 7.38. The van der Waals surface area contributed by atoms with Crippen LogP contribution in [0.4, 0.5) is 0 Å². The molecule has 0 aliphatic rings. The van der Waals surface area contributed by atoms with Crippen molar-refractivity contribution < 1.29 is 9.53 Å². The minimum absolute atomic E-state index is 0.182. The number of thioether (sulfide) groups is 1. The van der Waals surface area contributed by atoms with Crippen molar-refractivity contribution in [2.24, 2.45) is 0 Å². The Morgan fingerprint density at radius 2 is 2.33 bits per heavy atom. The van der Waals surface area contributed by atoms with Crippen LogP contribution in [0.2, 0.25) is 5.02 Å². The standard InChI is InChI=1S/C14H14ClN3O2S/c1-3-7-18-13(10-5-4-6-11(15)8-10)16-17-14(18)21-9-12(19)20-2/h3-6,8H,1,7,9H2,2H3. The Balaban J connectivity index is 2.32. The van der Waals surface area contributed by atoms with Crippen molar-refractivity contribution in [1.82, 2.24) is 14.8 Å². The molecular weight excluding hydrogens is 310 g/mol. The van der Waals surface area contributed by atoms with Crippen LogP contribution in [0.15, 0.2) is 42.1 Å². The summed E-state index contributed by atoms with van der Waals surface area (Å²) in [4.78, 5) is 11.2. The number of esters is 1. The molecule has 2 aromatic rings. The lowest BCUT2D eigenvalue weighted by Gasteiger charge is -2.07. The number of rotatable bonds is 6. The quantitative estimate of drug-likeness (QED) is 0.464. The third-order valence-corrected chi connectivity index (χ3v) is 3.83. The number of allylic oxidation sites excluding steroid dienone is 1. The maximum atomic E-state index is 11.2. The van der Waals surface area contributed by atoms with Gasteiger partial charge in [0, 0.05) is 17.1 Å². The molecule has 0 amide bonds. The average Bonchev–Trinajstić information content (AvgIpc) is 2.88. The monoisotopic (exact) mass is 323 g/mol. The first-order valence-electron chi connectivity index (χ1n) is 6.15. The Morgan fingerprint density at radius 3 is 3.00 bits per heavy atom. The number of hydrogen-bond acceptors (Lipinski definition) is 5. The highest BCUT2D eigenvalue weighted by Crippen LogP contribution is 2.25. The number of ether oxygens (including phenoxy) is 1. The molecule has 5 nitrogen and oxygen atoms in total. The maximum Gasteiger partial charge on any atom is 0.316 e. The molecule has 1 aromatic heterocycles. The smallest absolute Gasteiger partial charge is 0.316 e. The Kier molecular flexibility index (Phi) is 5.41. The van der Waals surface area contributed by atoms with E-state index < -0.39 is 0 Å². The van der Waals surface area contributed by atoms with Gasteiger partial charge in [-0.1, -0.05) is 41.6 Å². The van der Waals surface area contributed by atoms with E-state index in [0.29, 0.717) is 22.5 Å². The van der Waals surface area contributed by atoms with Gasteiger partial charge in [-0.15, -0.1) is 16.8 Å². The van der Waals surface area contributed by atoms with Gasteiger partial charge in [0.05, 0.1) is 12.9 Å². The molecule has 0 aliphatic heterocycles. The predicted molar refractivity (Wildman–Crippen MR) is 83.4 cm³/mol. The summed E-state index contributed by atoms with van der Waals surface area (Å²) in [6.45, 7) is 4.28. The van der Waals surface area contributed by atoms with E-state index in [4.69, 9.17) is 11.6 Å². The number of methoxy groups -OCH3 is 1. The lowest BCUT2D eigenvalue weighted by Crippen LogP contribution is -2.06. The molecule has 1 heterocycles. The normalized spacial score (nSPS) is 10.4. The first kappa shape index (κ1) is 15.6. The lowest BCUT2D eigenvalue weighted by atomic mass is 10.2. The SMILES string of the molecule is C=CCn1c(SCC(=O)OC)nnc1-c1cccc(Cl)c1. The number of halogens is 1. The van der Waals surface area contributed by atoms with Crippen LogP contribution in [-0.4, -0.2) is 33.6 Å².